The maximum atomic E-state index is 11.0. The zero-order valence-electron chi connectivity index (χ0n) is 17.5. The van der Waals surface area contributed by atoms with Crippen molar-refractivity contribution in [1.29, 1.82) is 0 Å². The van der Waals surface area contributed by atoms with Gasteiger partial charge in [-0.3, -0.25) is 0 Å². The van der Waals surface area contributed by atoms with Crippen LogP contribution in [-0.4, -0.2) is 13.0 Å². The third-order valence-electron chi connectivity index (χ3n) is 5.01. The largest absolute Gasteiger partial charge is 1.00 e. The molecule has 27 heavy (non-hydrogen) atoms. The van der Waals surface area contributed by atoms with Crippen molar-refractivity contribution in [2.45, 2.75) is 108 Å². The van der Waals surface area contributed by atoms with Gasteiger partial charge in [-0.05, 0) is 30.5 Å². The second-order valence-electron chi connectivity index (χ2n) is 7.45. The molecule has 0 amide bonds. The van der Waals surface area contributed by atoms with E-state index >= 15 is 0 Å². The molecule has 0 N–H and O–H groups in total. The van der Waals surface area contributed by atoms with Gasteiger partial charge >= 0.3 is 29.6 Å². The van der Waals surface area contributed by atoms with E-state index in [1.807, 2.05) is 6.07 Å². The average molecular weight is 405 g/mol. The van der Waals surface area contributed by atoms with E-state index in [0.29, 0.717) is 0 Å². The van der Waals surface area contributed by atoms with Gasteiger partial charge in [0.2, 0.25) is 0 Å². The van der Waals surface area contributed by atoms with Crippen molar-refractivity contribution in [3.8, 4) is 0 Å². The van der Waals surface area contributed by atoms with E-state index in [2.05, 4.69) is 6.92 Å². The van der Waals surface area contributed by atoms with Crippen molar-refractivity contribution >= 4 is 10.1 Å². The van der Waals surface area contributed by atoms with Crippen LogP contribution in [0.2, 0.25) is 0 Å². The number of rotatable bonds is 16. The minimum absolute atomic E-state index is 0. The Morgan fingerprint density at radius 1 is 0.741 bits per heavy atom. The number of hydrogen-bond acceptors (Lipinski definition) is 3. The smallest absolute Gasteiger partial charge is 0.744 e. The summed E-state index contributed by atoms with van der Waals surface area (Å²) in [6.45, 7) is 2.26. The summed E-state index contributed by atoms with van der Waals surface area (Å²) in [5, 5.41) is 0. The average Bonchev–Trinajstić information content (AvgIpc) is 2.61. The number of aryl methyl sites for hydroxylation is 1. The topological polar surface area (TPSA) is 57.2 Å². The van der Waals surface area contributed by atoms with Gasteiger partial charge in [-0.15, -0.1) is 0 Å². The minimum Gasteiger partial charge on any atom is -0.744 e. The van der Waals surface area contributed by atoms with Gasteiger partial charge < -0.3 is 4.55 Å². The minimum atomic E-state index is -4.33. The van der Waals surface area contributed by atoms with E-state index in [9.17, 15) is 13.0 Å². The van der Waals surface area contributed by atoms with E-state index in [-0.39, 0.29) is 34.5 Å². The van der Waals surface area contributed by atoms with Crippen LogP contribution in [0.15, 0.2) is 29.2 Å². The van der Waals surface area contributed by atoms with Gasteiger partial charge in [0.15, 0.2) is 0 Å². The van der Waals surface area contributed by atoms with E-state index in [4.69, 9.17) is 0 Å². The van der Waals surface area contributed by atoms with Crippen molar-refractivity contribution in [3.05, 3.63) is 29.8 Å². The van der Waals surface area contributed by atoms with E-state index < -0.39 is 10.1 Å². The summed E-state index contributed by atoms with van der Waals surface area (Å²) in [6, 6.07) is 6.45. The van der Waals surface area contributed by atoms with Crippen LogP contribution in [0.5, 0.6) is 0 Å². The summed E-state index contributed by atoms with van der Waals surface area (Å²) in [4.78, 5) is -0.111. The Hall–Kier alpha value is 0.130. The standard InChI is InChI=1S/C22H38O3S.Na/c1-2-3-4-5-6-7-8-9-10-11-12-13-14-15-17-21-18-16-19-22(20-21)26(23,24)25;/h16,18-20H,2-15,17H2,1H3,(H,23,24,25);/q;+1/p-1. The van der Waals surface area contributed by atoms with Crippen LogP contribution < -0.4 is 29.6 Å². The normalized spacial score (nSPS) is 11.3. The first-order valence-corrected chi connectivity index (χ1v) is 12.0. The van der Waals surface area contributed by atoms with Crippen LogP contribution >= 0.6 is 0 Å². The van der Waals surface area contributed by atoms with Crippen molar-refractivity contribution in [1.82, 2.24) is 0 Å². The quantitative estimate of drug-likeness (QED) is 0.240. The molecule has 0 fully saturated rings. The molecule has 0 aromatic heterocycles. The van der Waals surface area contributed by atoms with Gasteiger partial charge in [-0.2, -0.15) is 0 Å². The molecule has 0 bridgehead atoms. The molecule has 1 aromatic rings. The van der Waals surface area contributed by atoms with E-state index in [0.717, 1.165) is 18.4 Å². The van der Waals surface area contributed by atoms with E-state index in [1.165, 1.54) is 95.6 Å². The molecule has 1 aromatic carbocycles. The number of unbranched alkanes of at least 4 members (excludes halogenated alkanes) is 13. The molecule has 150 valence electrons. The molecule has 5 heteroatoms. The van der Waals surface area contributed by atoms with Gasteiger partial charge in [-0.25, -0.2) is 8.42 Å². The molecular formula is C22H37NaO3S. The predicted molar refractivity (Wildman–Crippen MR) is 108 cm³/mol. The second-order valence-corrected chi connectivity index (χ2v) is 8.83. The van der Waals surface area contributed by atoms with Gasteiger partial charge in [0.25, 0.3) is 0 Å². The third kappa shape index (κ3) is 14.7. The molecule has 0 saturated heterocycles. The van der Waals surface area contributed by atoms with Crippen molar-refractivity contribution < 1.29 is 42.5 Å². The zero-order valence-corrected chi connectivity index (χ0v) is 20.4. The SMILES string of the molecule is CCCCCCCCCCCCCCCCc1cccc(S(=O)(=O)[O-])c1.[Na+]. The summed E-state index contributed by atoms with van der Waals surface area (Å²) in [5.41, 5.74) is 0.945. The predicted octanol–water partition coefficient (Wildman–Crippen LogP) is 3.62. The molecule has 0 spiro atoms. The van der Waals surface area contributed by atoms with E-state index in [1.54, 1.807) is 6.07 Å². The van der Waals surface area contributed by atoms with Gasteiger partial charge in [0, 0.05) is 0 Å². The molecule has 0 atom stereocenters. The molecule has 0 aliphatic heterocycles. The molecule has 0 aliphatic rings. The molecule has 0 aliphatic carbocycles. The molecule has 1 rings (SSSR count). The summed E-state index contributed by atoms with van der Waals surface area (Å²) in [7, 11) is -4.33. The number of benzene rings is 1. The van der Waals surface area contributed by atoms with Gasteiger partial charge in [-0.1, -0.05) is 103 Å². The Balaban J connectivity index is 0.00000676. The van der Waals surface area contributed by atoms with Crippen LogP contribution in [0.3, 0.4) is 0 Å². The molecular weight excluding hydrogens is 367 g/mol. The fraction of sp³-hybridized carbons (Fsp3) is 0.727. The summed E-state index contributed by atoms with van der Waals surface area (Å²) >= 11 is 0. The van der Waals surface area contributed by atoms with Crippen molar-refractivity contribution in [2.75, 3.05) is 0 Å². The Labute approximate surface area is 189 Å². The monoisotopic (exact) mass is 404 g/mol. The Bertz CT molecular complexity index is 573. The van der Waals surface area contributed by atoms with Crippen LogP contribution in [0.4, 0.5) is 0 Å². The van der Waals surface area contributed by atoms with Crippen molar-refractivity contribution in [2.24, 2.45) is 0 Å². The summed E-state index contributed by atoms with van der Waals surface area (Å²) in [5.74, 6) is 0. The Morgan fingerprint density at radius 3 is 1.63 bits per heavy atom. The zero-order chi connectivity index (χ0) is 19.1. The first kappa shape index (κ1) is 27.1. The Kier molecular flexibility index (Phi) is 17.1. The van der Waals surface area contributed by atoms with Gasteiger partial charge in [0.1, 0.15) is 10.1 Å². The maximum Gasteiger partial charge on any atom is 1.00 e. The Morgan fingerprint density at radius 2 is 1.19 bits per heavy atom. The van der Waals surface area contributed by atoms with Crippen LogP contribution in [0.25, 0.3) is 0 Å². The number of hydrogen-bond donors (Lipinski definition) is 0. The van der Waals surface area contributed by atoms with Crippen LogP contribution in [-0.2, 0) is 16.5 Å². The third-order valence-corrected chi connectivity index (χ3v) is 5.84. The van der Waals surface area contributed by atoms with Crippen LogP contribution in [0.1, 0.15) is 102 Å². The molecule has 0 unspecified atom stereocenters. The first-order valence-electron chi connectivity index (χ1n) is 10.6. The molecule has 3 nitrogen and oxygen atoms in total. The molecule has 0 saturated carbocycles. The second kappa shape index (κ2) is 17.0. The summed E-state index contributed by atoms with van der Waals surface area (Å²) in [6.07, 6.45) is 19.4. The molecule has 0 heterocycles. The first-order chi connectivity index (χ1) is 12.5. The van der Waals surface area contributed by atoms with Gasteiger partial charge in [0.05, 0.1) is 4.90 Å². The molecule has 0 radical (unpaired) electrons. The fourth-order valence-electron chi connectivity index (χ4n) is 3.38. The maximum absolute atomic E-state index is 11.0. The van der Waals surface area contributed by atoms with Crippen molar-refractivity contribution in [3.63, 3.8) is 0 Å². The summed E-state index contributed by atoms with van der Waals surface area (Å²) < 4.78 is 33.1. The van der Waals surface area contributed by atoms with Crippen LogP contribution in [0, 0.1) is 0 Å². The fourth-order valence-corrected chi connectivity index (χ4v) is 3.92.